The number of esters is 1. The van der Waals surface area contributed by atoms with E-state index in [0.717, 1.165) is 33.5 Å². The van der Waals surface area contributed by atoms with Gasteiger partial charge < -0.3 is 19.5 Å². The minimum absolute atomic E-state index is 0.172. The maximum atomic E-state index is 11.8. The van der Waals surface area contributed by atoms with Gasteiger partial charge in [-0.1, -0.05) is 36.4 Å². The average molecular weight is 365 g/mol. The summed E-state index contributed by atoms with van der Waals surface area (Å²) in [6, 6.07) is 15.8. The fraction of sp³-hybridized carbons (Fsp3) is 0.238. The van der Waals surface area contributed by atoms with E-state index in [1.165, 1.54) is 7.11 Å². The summed E-state index contributed by atoms with van der Waals surface area (Å²) in [6.07, 6.45) is 1.79. The van der Waals surface area contributed by atoms with Crippen LogP contribution in [0, 0.1) is 6.92 Å². The summed E-state index contributed by atoms with van der Waals surface area (Å²) in [5.74, 6) is 0.544. The fourth-order valence-electron chi connectivity index (χ4n) is 3.11. The number of ether oxygens (including phenoxy) is 2. The van der Waals surface area contributed by atoms with Crippen molar-refractivity contribution in [2.75, 3.05) is 14.2 Å². The van der Waals surface area contributed by atoms with Crippen LogP contribution in [0.2, 0.25) is 0 Å². The number of methoxy groups -OCH3 is 2. The molecule has 0 aliphatic heterocycles. The Morgan fingerprint density at radius 1 is 1.15 bits per heavy atom. The molecule has 0 saturated carbocycles. The Labute approximate surface area is 158 Å². The molecule has 2 aromatic carbocycles. The van der Waals surface area contributed by atoms with Gasteiger partial charge in [0.05, 0.1) is 27.0 Å². The van der Waals surface area contributed by atoms with E-state index in [9.17, 15) is 4.79 Å². The molecule has 1 N–H and O–H groups in total. The molecular formula is C21H23N3O3. The lowest BCUT2D eigenvalue weighted by Gasteiger charge is -2.07. The SMILES string of the molecule is COC(=O)Cn1c(C)c(/C=N\NCc2ccccc2OC)c2ccccc21. The van der Waals surface area contributed by atoms with Crippen molar-refractivity contribution in [1.82, 2.24) is 9.99 Å². The third-order valence-corrected chi connectivity index (χ3v) is 4.54. The van der Waals surface area contributed by atoms with Gasteiger partial charge in [0, 0.05) is 27.7 Å². The third-order valence-electron chi connectivity index (χ3n) is 4.54. The Kier molecular flexibility index (Phi) is 5.76. The highest BCUT2D eigenvalue weighted by Gasteiger charge is 2.14. The second-order valence-electron chi connectivity index (χ2n) is 6.08. The summed E-state index contributed by atoms with van der Waals surface area (Å²) in [5.41, 5.74) is 7.01. The molecule has 0 amide bonds. The molecule has 6 heteroatoms. The van der Waals surface area contributed by atoms with E-state index in [4.69, 9.17) is 9.47 Å². The lowest BCUT2D eigenvalue weighted by Crippen LogP contribution is -2.12. The Balaban J connectivity index is 1.83. The smallest absolute Gasteiger partial charge is 0.325 e. The molecule has 0 fully saturated rings. The monoisotopic (exact) mass is 365 g/mol. The molecule has 0 unspecified atom stereocenters. The number of para-hydroxylation sites is 2. The molecule has 0 saturated heterocycles. The third kappa shape index (κ3) is 3.95. The lowest BCUT2D eigenvalue weighted by molar-refractivity contribution is -0.141. The molecule has 6 nitrogen and oxygen atoms in total. The van der Waals surface area contributed by atoms with Gasteiger partial charge in [-0.3, -0.25) is 4.79 Å². The van der Waals surface area contributed by atoms with Crippen molar-refractivity contribution < 1.29 is 14.3 Å². The summed E-state index contributed by atoms with van der Waals surface area (Å²) >= 11 is 0. The van der Waals surface area contributed by atoms with Gasteiger partial charge in [-0.05, 0) is 19.1 Å². The predicted molar refractivity (Wildman–Crippen MR) is 106 cm³/mol. The number of hydrogen-bond acceptors (Lipinski definition) is 5. The highest BCUT2D eigenvalue weighted by atomic mass is 16.5. The number of nitrogens with zero attached hydrogens (tertiary/aromatic N) is 2. The van der Waals surface area contributed by atoms with Crippen LogP contribution in [0.4, 0.5) is 0 Å². The normalized spacial score (nSPS) is 11.1. The first-order valence-corrected chi connectivity index (χ1v) is 8.68. The number of fused-ring (bicyclic) bond motifs is 1. The van der Waals surface area contributed by atoms with Crippen molar-refractivity contribution in [3.05, 3.63) is 65.4 Å². The topological polar surface area (TPSA) is 64.9 Å². The van der Waals surface area contributed by atoms with Gasteiger partial charge in [-0.15, -0.1) is 0 Å². The second kappa shape index (κ2) is 8.40. The molecule has 1 aromatic heterocycles. The van der Waals surface area contributed by atoms with Gasteiger partial charge in [0.25, 0.3) is 0 Å². The number of nitrogens with one attached hydrogen (secondary N) is 1. The largest absolute Gasteiger partial charge is 0.496 e. The van der Waals surface area contributed by atoms with Gasteiger partial charge in [-0.2, -0.15) is 5.10 Å². The summed E-state index contributed by atoms with van der Waals surface area (Å²) in [5, 5.41) is 5.42. The number of carbonyl (C=O) groups is 1. The highest BCUT2D eigenvalue weighted by molar-refractivity contribution is 6.01. The van der Waals surface area contributed by atoms with Gasteiger partial charge in [0.2, 0.25) is 0 Å². The van der Waals surface area contributed by atoms with Gasteiger partial charge in [0.1, 0.15) is 12.3 Å². The molecular weight excluding hydrogens is 342 g/mol. The summed E-state index contributed by atoms with van der Waals surface area (Å²) in [7, 11) is 3.05. The Morgan fingerprint density at radius 2 is 1.89 bits per heavy atom. The van der Waals surface area contributed by atoms with E-state index in [-0.39, 0.29) is 12.5 Å². The van der Waals surface area contributed by atoms with Crippen molar-refractivity contribution >= 4 is 23.1 Å². The Bertz CT molecular complexity index is 976. The molecule has 0 spiro atoms. The van der Waals surface area contributed by atoms with Crippen LogP contribution >= 0.6 is 0 Å². The van der Waals surface area contributed by atoms with Gasteiger partial charge >= 0.3 is 5.97 Å². The maximum Gasteiger partial charge on any atom is 0.325 e. The van der Waals surface area contributed by atoms with Crippen molar-refractivity contribution in [3.8, 4) is 5.75 Å². The Hall–Kier alpha value is -3.28. The van der Waals surface area contributed by atoms with Crippen LogP contribution in [-0.4, -0.2) is 31.0 Å². The number of benzene rings is 2. The second-order valence-corrected chi connectivity index (χ2v) is 6.08. The van der Waals surface area contributed by atoms with E-state index in [2.05, 4.69) is 10.5 Å². The van der Waals surface area contributed by atoms with Crippen molar-refractivity contribution in [1.29, 1.82) is 0 Å². The fourth-order valence-corrected chi connectivity index (χ4v) is 3.11. The van der Waals surface area contributed by atoms with E-state index in [1.807, 2.05) is 60.0 Å². The highest BCUT2D eigenvalue weighted by Crippen LogP contribution is 2.24. The molecule has 0 aliphatic carbocycles. The van der Waals surface area contributed by atoms with Crippen molar-refractivity contribution in [2.45, 2.75) is 20.0 Å². The molecule has 3 rings (SSSR count). The first kappa shape index (κ1) is 18.5. The van der Waals surface area contributed by atoms with Crippen molar-refractivity contribution in [3.63, 3.8) is 0 Å². The van der Waals surface area contributed by atoms with E-state index in [0.29, 0.717) is 6.54 Å². The first-order valence-electron chi connectivity index (χ1n) is 8.68. The number of aromatic nitrogens is 1. The molecule has 0 aliphatic rings. The molecule has 3 aromatic rings. The van der Waals surface area contributed by atoms with Crippen LogP contribution in [0.1, 0.15) is 16.8 Å². The number of hydrogen-bond donors (Lipinski definition) is 1. The molecule has 27 heavy (non-hydrogen) atoms. The van der Waals surface area contributed by atoms with Crippen LogP contribution in [-0.2, 0) is 22.6 Å². The van der Waals surface area contributed by atoms with Crippen LogP contribution in [0.3, 0.4) is 0 Å². The van der Waals surface area contributed by atoms with Crippen LogP contribution in [0.25, 0.3) is 10.9 Å². The van der Waals surface area contributed by atoms with E-state index >= 15 is 0 Å². The molecule has 0 radical (unpaired) electrons. The van der Waals surface area contributed by atoms with Crippen LogP contribution < -0.4 is 10.2 Å². The summed E-state index contributed by atoms with van der Waals surface area (Å²) in [4.78, 5) is 11.8. The Morgan fingerprint density at radius 3 is 2.67 bits per heavy atom. The molecule has 1 heterocycles. The van der Waals surface area contributed by atoms with E-state index in [1.54, 1.807) is 13.3 Å². The summed E-state index contributed by atoms with van der Waals surface area (Å²) < 4.78 is 12.1. The average Bonchev–Trinajstić information content (AvgIpc) is 2.97. The number of carbonyl (C=O) groups excluding carboxylic acids is 1. The quantitative estimate of drug-likeness (QED) is 0.397. The molecule has 0 atom stereocenters. The molecule has 0 bridgehead atoms. The maximum absolute atomic E-state index is 11.8. The minimum Gasteiger partial charge on any atom is -0.496 e. The minimum atomic E-state index is -0.281. The zero-order valence-corrected chi connectivity index (χ0v) is 15.7. The van der Waals surface area contributed by atoms with Gasteiger partial charge in [-0.25, -0.2) is 0 Å². The van der Waals surface area contributed by atoms with Crippen molar-refractivity contribution in [2.24, 2.45) is 5.10 Å². The summed E-state index contributed by atoms with van der Waals surface area (Å²) in [6.45, 7) is 2.70. The number of hydrazone groups is 1. The van der Waals surface area contributed by atoms with Gasteiger partial charge in [0.15, 0.2) is 0 Å². The zero-order chi connectivity index (χ0) is 19.2. The zero-order valence-electron chi connectivity index (χ0n) is 15.7. The van der Waals surface area contributed by atoms with E-state index < -0.39 is 0 Å². The predicted octanol–water partition coefficient (Wildman–Crippen LogP) is 3.26. The molecule has 140 valence electrons. The standard InChI is InChI=1S/C21H23N3O3/c1-15-18(13-23-22-12-16-8-4-7-11-20(16)26-2)17-9-5-6-10-19(17)24(15)14-21(25)27-3/h4-11,13,22H,12,14H2,1-3H3/b23-13-. The van der Waals surface area contributed by atoms with Crippen LogP contribution in [0.5, 0.6) is 5.75 Å². The van der Waals surface area contributed by atoms with Crippen LogP contribution in [0.15, 0.2) is 53.6 Å². The lowest BCUT2D eigenvalue weighted by atomic mass is 10.1. The number of rotatable bonds is 7. The first-order chi connectivity index (χ1) is 13.2.